The third-order valence-electron chi connectivity index (χ3n) is 4.10. The normalized spacial score (nSPS) is 19.9. The molecule has 0 amide bonds. The molecule has 0 radical (unpaired) electrons. The van der Waals surface area contributed by atoms with Crippen molar-refractivity contribution in [1.29, 1.82) is 0 Å². The highest BCUT2D eigenvalue weighted by Gasteiger charge is 2.27. The van der Waals surface area contributed by atoms with Crippen LogP contribution in [-0.4, -0.2) is 31.1 Å². The lowest BCUT2D eigenvalue weighted by molar-refractivity contribution is 0.140. The predicted molar refractivity (Wildman–Crippen MR) is 79.4 cm³/mol. The maximum atomic E-state index is 6.39. The Bertz CT molecular complexity index is 388. The molecule has 3 heteroatoms. The Morgan fingerprint density at radius 1 is 1.26 bits per heavy atom. The van der Waals surface area contributed by atoms with E-state index in [1.165, 1.54) is 24.8 Å². The molecule has 2 atom stereocenters. The predicted octanol–water partition coefficient (Wildman–Crippen LogP) is 2.96. The van der Waals surface area contributed by atoms with Crippen LogP contribution in [0.5, 0.6) is 5.75 Å². The smallest absolute Gasteiger partial charge is 0.119 e. The zero-order valence-corrected chi connectivity index (χ0v) is 12.1. The van der Waals surface area contributed by atoms with Gasteiger partial charge >= 0.3 is 0 Å². The van der Waals surface area contributed by atoms with Gasteiger partial charge in [-0.3, -0.25) is 4.90 Å². The highest BCUT2D eigenvalue weighted by Crippen LogP contribution is 2.30. The molecule has 1 aliphatic heterocycles. The summed E-state index contributed by atoms with van der Waals surface area (Å²) in [6, 6.07) is 8.87. The first-order valence-corrected chi connectivity index (χ1v) is 7.40. The van der Waals surface area contributed by atoms with E-state index in [0.29, 0.717) is 6.04 Å². The number of hydrogen-bond donors (Lipinski definition) is 1. The van der Waals surface area contributed by atoms with E-state index in [-0.39, 0.29) is 6.04 Å². The van der Waals surface area contributed by atoms with Gasteiger partial charge in [0.2, 0.25) is 0 Å². The molecule has 1 aliphatic rings. The number of likely N-dealkylation sites (tertiary alicyclic amines) is 1. The molecule has 1 aromatic rings. The third kappa shape index (κ3) is 3.48. The van der Waals surface area contributed by atoms with Crippen molar-refractivity contribution in [2.24, 2.45) is 5.73 Å². The maximum absolute atomic E-state index is 6.39. The summed E-state index contributed by atoms with van der Waals surface area (Å²) in [4.78, 5) is 2.55. The van der Waals surface area contributed by atoms with Crippen molar-refractivity contribution in [3.8, 4) is 5.75 Å². The molecule has 0 spiro atoms. The Labute approximate surface area is 116 Å². The van der Waals surface area contributed by atoms with Gasteiger partial charge in [0.15, 0.2) is 0 Å². The molecule has 3 nitrogen and oxygen atoms in total. The van der Waals surface area contributed by atoms with Crippen molar-refractivity contribution in [2.75, 3.05) is 20.2 Å². The molecular weight excluding hydrogens is 236 g/mol. The quantitative estimate of drug-likeness (QED) is 0.886. The van der Waals surface area contributed by atoms with Crippen LogP contribution >= 0.6 is 0 Å². The molecule has 0 bridgehead atoms. The van der Waals surface area contributed by atoms with Crippen molar-refractivity contribution in [3.05, 3.63) is 29.8 Å². The van der Waals surface area contributed by atoms with Gasteiger partial charge in [0.05, 0.1) is 7.11 Å². The number of rotatable bonds is 5. The first kappa shape index (κ1) is 14.4. The number of methoxy groups -OCH3 is 1. The van der Waals surface area contributed by atoms with Crippen LogP contribution in [0, 0.1) is 0 Å². The van der Waals surface area contributed by atoms with Crippen LogP contribution in [-0.2, 0) is 0 Å². The summed E-state index contributed by atoms with van der Waals surface area (Å²) in [5, 5.41) is 0. The summed E-state index contributed by atoms with van der Waals surface area (Å²) in [5.74, 6) is 0.919. The summed E-state index contributed by atoms with van der Waals surface area (Å²) in [6.07, 6.45) is 4.93. The Kier molecular flexibility index (Phi) is 5.23. The van der Waals surface area contributed by atoms with Crippen LogP contribution in [0.15, 0.2) is 24.3 Å². The Balaban J connectivity index is 2.24. The van der Waals surface area contributed by atoms with E-state index >= 15 is 0 Å². The fourth-order valence-corrected chi connectivity index (χ4v) is 2.97. The molecule has 19 heavy (non-hydrogen) atoms. The summed E-state index contributed by atoms with van der Waals surface area (Å²) in [7, 11) is 1.72. The summed E-state index contributed by atoms with van der Waals surface area (Å²) in [5.41, 5.74) is 7.68. The molecule has 0 aromatic heterocycles. The lowest BCUT2D eigenvalue weighted by atomic mass is 9.94. The average Bonchev–Trinajstić information content (AvgIpc) is 2.48. The van der Waals surface area contributed by atoms with Gasteiger partial charge < -0.3 is 10.5 Å². The molecule has 1 fully saturated rings. The van der Waals surface area contributed by atoms with E-state index in [1.807, 2.05) is 6.07 Å². The number of hydrogen-bond acceptors (Lipinski definition) is 3. The second-order valence-electron chi connectivity index (χ2n) is 5.39. The summed E-state index contributed by atoms with van der Waals surface area (Å²) < 4.78 is 5.35. The van der Waals surface area contributed by atoms with E-state index < -0.39 is 0 Å². The van der Waals surface area contributed by atoms with Gasteiger partial charge in [-0.25, -0.2) is 0 Å². The molecular formula is C16H26N2O. The van der Waals surface area contributed by atoms with E-state index in [1.54, 1.807) is 7.11 Å². The minimum absolute atomic E-state index is 0.185. The molecule has 0 aliphatic carbocycles. The Hall–Kier alpha value is -1.06. The molecule has 2 N–H and O–H groups in total. The third-order valence-corrected chi connectivity index (χ3v) is 4.10. The summed E-state index contributed by atoms with van der Waals surface area (Å²) in [6.45, 7) is 4.49. The van der Waals surface area contributed by atoms with Gasteiger partial charge in [0.25, 0.3) is 0 Å². The van der Waals surface area contributed by atoms with Gasteiger partial charge in [0, 0.05) is 12.1 Å². The lowest BCUT2D eigenvalue weighted by Crippen LogP contribution is -2.43. The highest BCUT2D eigenvalue weighted by atomic mass is 16.5. The van der Waals surface area contributed by atoms with Crippen molar-refractivity contribution in [1.82, 2.24) is 4.90 Å². The van der Waals surface area contributed by atoms with Crippen LogP contribution < -0.4 is 10.5 Å². The minimum Gasteiger partial charge on any atom is -0.497 e. The van der Waals surface area contributed by atoms with Crippen molar-refractivity contribution < 1.29 is 4.74 Å². The Morgan fingerprint density at radius 2 is 2.00 bits per heavy atom. The van der Waals surface area contributed by atoms with E-state index in [4.69, 9.17) is 10.5 Å². The zero-order valence-electron chi connectivity index (χ0n) is 12.1. The summed E-state index contributed by atoms with van der Waals surface area (Å²) >= 11 is 0. The van der Waals surface area contributed by atoms with Crippen molar-refractivity contribution in [2.45, 2.75) is 44.7 Å². The first-order valence-electron chi connectivity index (χ1n) is 7.40. The van der Waals surface area contributed by atoms with Gasteiger partial charge in [0.1, 0.15) is 5.75 Å². The fraction of sp³-hybridized carbons (Fsp3) is 0.625. The molecule has 1 heterocycles. The molecule has 106 valence electrons. The van der Waals surface area contributed by atoms with Crippen LogP contribution in [0.25, 0.3) is 0 Å². The molecule has 2 rings (SSSR count). The van der Waals surface area contributed by atoms with Gasteiger partial charge in [-0.05, 0) is 50.0 Å². The van der Waals surface area contributed by atoms with E-state index in [2.05, 4.69) is 30.0 Å². The second-order valence-corrected chi connectivity index (χ2v) is 5.39. The Morgan fingerprint density at radius 3 is 2.63 bits per heavy atom. The molecule has 0 saturated carbocycles. The topological polar surface area (TPSA) is 38.5 Å². The van der Waals surface area contributed by atoms with Crippen molar-refractivity contribution in [3.63, 3.8) is 0 Å². The standard InChI is InChI=1S/C16H26N2O/c1-3-15(17)16(18-10-5-4-6-11-18)13-8-7-9-14(12-13)19-2/h7-9,12,15-16H,3-6,10-11,17H2,1-2H3. The van der Waals surface area contributed by atoms with Crippen LogP contribution in [0.2, 0.25) is 0 Å². The zero-order chi connectivity index (χ0) is 13.7. The van der Waals surface area contributed by atoms with E-state index in [9.17, 15) is 0 Å². The minimum atomic E-state index is 0.185. The molecule has 1 aromatic carbocycles. The van der Waals surface area contributed by atoms with Crippen LogP contribution in [0.3, 0.4) is 0 Å². The largest absolute Gasteiger partial charge is 0.497 e. The van der Waals surface area contributed by atoms with Crippen LogP contribution in [0.4, 0.5) is 0 Å². The number of nitrogens with zero attached hydrogens (tertiary/aromatic N) is 1. The monoisotopic (exact) mass is 262 g/mol. The fourth-order valence-electron chi connectivity index (χ4n) is 2.97. The van der Waals surface area contributed by atoms with Gasteiger partial charge in [-0.15, -0.1) is 0 Å². The molecule has 2 unspecified atom stereocenters. The highest BCUT2D eigenvalue weighted by molar-refractivity contribution is 5.31. The lowest BCUT2D eigenvalue weighted by Gasteiger charge is -2.38. The number of nitrogens with two attached hydrogens (primary N) is 1. The van der Waals surface area contributed by atoms with Gasteiger partial charge in [-0.1, -0.05) is 25.5 Å². The number of piperidine rings is 1. The number of benzene rings is 1. The first-order chi connectivity index (χ1) is 9.26. The van der Waals surface area contributed by atoms with Gasteiger partial charge in [-0.2, -0.15) is 0 Å². The van der Waals surface area contributed by atoms with E-state index in [0.717, 1.165) is 25.3 Å². The molecule has 1 saturated heterocycles. The maximum Gasteiger partial charge on any atom is 0.119 e. The average molecular weight is 262 g/mol. The second kappa shape index (κ2) is 6.92. The van der Waals surface area contributed by atoms with Crippen LogP contribution in [0.1, 0.15) is 44.2 Å². The number of ether oxygens (including phenoxy) is 1. The van der Waals surface area contributed by atoms with Crippen molar-refractivity contribution >= 4 is 0 Å². The SMILES string of the molecule is CCC(N)C(c1cccc(OC)c1)N1CCCCC1.